The molecule has 0 aliphatic rings. The second-order valence-electron chi connectivity index (χ2n) is 5.18. The fraction of sp³-hybridized carbons (Fsp3) is 0.133. The van der Waals surface area contributed by atoms with E-state index in [0.29, 0.717) is 11.1 Å². The highest BCUT2D eigenvalue weighted by molar-refractivity contribution is 7.92. The van der Waals surface area contributed by atoms with E-state index in [2.05, 4.69) is 4.72 Å². The number of benzene rings is 2. The van der Waals surface area contributed by atoms with E-state index in [1.165, 1.54) is 28.8 Å². The van der Waals surface area contributed by atoms with Gasteiger partial charge in [0.2, 0.25) is 0 Å². The average Bonchev–Trinajstić information content (AvgIpc) is 2.72. The molecular formula is C15H13FN2O4S. The fourth-order valence-corrected chi connectivity index (χ4v) is 3.43. The number of oxazole rings is 1. The molecule has 3 aromatic rings. The first-order valence-corrected chi connectivity index (χ1v) is 8.14. The van der Waals surface area contributed by atoms with Gasteiger partial charge in [-0.15, -0.1) is 0 Å². The quantitative estimate of drug-likeness (QED) is 0.796. The molecule has 0 amide bonds. The lowest BCUT2D eigenvalue weighted by Crippen LogP contribution is -2.13. The second kappa shape index (κ2) is 5.24. The van der Waals surface area contributed by atoms with Gasteiger partial charge >= 0.3 is 5.76 Å². The van der Waals surface area contributed by atoms with E-state index in [4.69, 9.17) is 4.42 Å². The van der Waals surface area contributed by atoms with Gasteiger partial charge in [0.25, 0.3) is 10.0 Å². The van der Waals surface area contributed by atoms with Gasteiger partial charge in [-0.2, -0.15) is 0 Å². The van der Waals surface area contributed by atoms with Crippen molar-refractivity contribution in [2.45, 2.75) is 11.8 Å². The van der Waals surface area contributed by atoms with Gasteiger partial charge in [0.05, 0.1) is 16.1 Å². The van der Waals surface area contributed by atoms with Gasteiger partial charge in [-0.25, -0.2) is 17.6 Å². The Bertz CT molecular complexity index is 1050. The van der Waals surface area contributed by atoms with Crippen molar-refractivity contribution in [1.29, 1.82) is 0 Å². The van der Waals surface area contributed by atoms with Gasteiger partial charge in [0.15, 0.2) is 5.58 Å². The molecule has 0 saturated heterocycles. The van der Waals surface area contributed by atoms with Gasteiger partial charge in [-0.05, 0) is 42.8 Å². The van der Waals surface area contributed by atoms with Crippen molar-refractivity contribution in [3.05, 3.63) is 58.3 Å². The third-order valence-electron chi connectivity index (χ3n) is 3.37. The molecule has 0 saturated carbocycles. The van der Waals surface area contributed by atoms with Gasteiger partial charge in [-0.3, -0.25) is 9.29 Å². The molecular weight excluding hydrogens is 323 g/mol. The van der Waals surface area contributed by atoms with Gasteiger partial charge in [0, 0.05) is 13.1 Å². The summed E-state index contributed by atoms with van der Waals surface area (Å²) >= 11 is 0. The predicted molar refractivity (Wildman–Crippen MR) is 83.4 cm³/mol. The van der Waals surface area contributed by atoms with Crippen LogP contribution in [0.2, 0.25) is 0 Å². The van der Waals surface area contributed by atoms with E-state index < -0.39 is 21.6 Å². The molecule has 0 atom stereocenters. The molecule has 0 radical (unpaired) electrons. The molecule has 1 aromatic heterocycles. The van der Waals surface area contributed by atoms with E-state index in [0.717, 1.165) is 6.07 Å². The predicted octanol–water partition coefficient (Wildman–Crippen LogP) is 2.38. The molecule has 120 valence electrons. The summed E-state index contributed by atoms with van der Waals surface area (Å²) in [5.74, 6) is -1.17. The highest BCUT2D eigenvalue weighted by Gasteiger charge is 2.17. The summed E-state index contributed by atoms with van der Waals surface area (Å²) in [7, 11) is -2.40. The summed E-state index contributed by atoms with van der Waals surface area (Å²) < 4.78 is 46.7. The summed E-state index contributed by atoms with van der Waals surface area (Å²) in [5, 5.41) is 0. The topological polar surface area (TPSA) is 81.3 Å². The molecule has 0 bridgehead atoms. The monoisotopic (exact) mass is 336 g/mol. The molecule has 0 aliphatic heterocycles. The van der Waals surface area contributed by atoms with E-state index >= 15 is 0 Å². The average molecular weight is 336 g/mol. The Morgan fingerprint density at radius 3 is 2.61 bits per heavy atom. The maximum atomic E-state index is 13.4. The van der Waals surface area contributed by atoms with Crippen molar-refractivity contribution in [3.63, 3.8) is 0 Å². The maximum Gasteiger partial charge on any atom is 0.419 e. The number of rotatable bonds is 3. The molecule has 6 nitrogen and oxygen atoms in total. The summed E-state index contributed by atoms with van der Waals surface area (Å²) in [6.07, 6.45) is 0. The van der Waals surface area contributed by atoms with Crippen LogP contribution in [0.3, 0.4) is 0 Å². The minimum Gasteiger partial charge on any atom is -0.408 e. The third kappa shape index (κ3) is 2.85. The van der Waals surface area contributed by atoms with Crippen LogP contribution >= 0.6 is 0 Å². The summed E-state index contributed by atoms with van der Waals surface area (Å²) in [6.45, 7) is 1.60. The Morgan fingerprint density at radius 1 is 1.17 bits per heavy atom. The molecule has 1 heterocycles. The first-order chi connectivity index (χ1) is 10.8. The van der Waals surface area contributed by atoms with Crippen LogP contribution in [-0.2, 0) is 17.1 Å². The first kappa shape index (κ1) is 15.3. The normalized spacial score (nSPS) is 11.8. The lowest BCUT2D eigenvalue weighted by atomic mass is 10.2. The molecule has 0 aliphatic carbocycles. The van der Waals surface area contributed by atoms with Crippen molar-refractivity contribution in [1.82, 2.24) is 4.57 Å². The zero-order valence-electron chi connectivity index (χ0n) is 12.3. The smallest absolute Gasteiger partial charge is 0.408 e. The Morgan fingerprint density at radius 2 is 1.91 bits per heavy atom. The van der Waals surface area contributed by atoms with Crippen molar-refractivity contribution >= 4 is 26.8 Å². The number of halogens is 1. The Kier molecular flexibility index (Phi) is 3.48. The Labute approximate surface area is 131 Å². The second-order valence-corrected chi connectivity index (χ2v) is 6.86. The highest BCUT2D eigenvalue weighted by Crippen LogP contribution is 2.22. The summed E-state index contributed by atoms with van der Waals surface area (Å²) in [4.78, 5) is 11.3. The van der Waals surface area contributed by atoms with Crippen LogP contribution in [0.15, 0.2) is 50.5 Å². The zero-order chi connectivity index (χ0) is 16.8. The van der Waals surface area contributed by atoms with Crippen LogP contribution in [0.5, 0.6) is 0 Å². The van der Waals surface area contributed by atoms with Crippen molar-refractivity contribution in [3.8, 4) is 0 Å². The molecule has 2 aromatic carbocycles. The van der Waals surface area contributed by atoms with Crippen LogP contribution in [0.4, 0.5) is 10.1 Å². The molecule has 0 unspecified atom stereocenters. The summed E-state index contributed by atoms with van der Waals surface area (Å²) in [6, 6.07) is 8.02. The summed E-state index contributed by atoms with van der Waals surface area (Å²) in [5.41, 5.74) is 1.51. The lowest BCUT2D eigenvalue weighted by Gasteiger charge is -2.09. The maximum absolute atomic E-state index is 13.4. The number of aryl methyl sites for hydroxylation is 2. The van der Waals surface area contributed by atoms with E-state index in [9.17, 15) is 17.6 Å². The van der Waals surface area contributed by atoms with Crippen molar-refractivity contribution in [2.75, 3.05) is 4.72 Å². The van der Waals surface area contributed by atoms with E-state index in [1.807, 2.05) is 0 Å². The molecule has 0 fully saturated rings. The standard InChI is InChI=1S/C15H13FN2O4S/c1-9-5-10(16)7-12(6-9)23(20,21)17-11-3-4-13-14(8-11)22-15(19)18(13)2/h3-8,17H,1-2H3. The number of nitrogens with one attached hydrogen (secondary N) is 1. The van der Waals surface area contributed by atoms with E-state index in [-0.39, 0.29) is 16.2 Å². The van der Waals surface area contributed by atoms with Crippen molar-refractivity contribution < 1.29 is 17.2 Å². The minimum absolute atomic E-state index is 0.176. The van der Waals surface area contributed by atoms with Crippen LogP contribution in [-0.4, -0.2) is 13.0 Å². The fourth-order valence-electron chi connectivity index (χ4n) is 2.27. The van der Waals surface area contributed by atoms with Gasteiger partial charge < -0.3 is 4.42 Å². The van der Waals surface area contributed by atoms with Gasteiger partial charge in [0.1, 0.15) is 5.82 Å². The lowest BCUT2D eigenvalue weighted by molar-refractivity contribution is 0.528. The number of anilines is 1. The number of fused-ring (bicyclic) bond motifs is 1. The highest BCUT2D eigenvalue weighted by atomic mass is 32.2. The molecule has 0 spiro atoms. The molecule has 3 rings (SSSR count). The largest absolute Gasteiger partial charge is 0.419 e. The number of sulfonamides is 1. The number of nitrogens with zero attached hydrogens (tertiary/aromatic N) is 1. The van der Waals surface area contributed by atoms with Gasteiger partial charge in [-0.1, -0.05) is 0 Å². The Balaban J connectivity index is 2.01. The molecule has 23 heavy (non-hydrogen) atoms. The number of hydrogen-bond acceptors (Lipinski definition) is 4. The van der Waals surface area contributed by atoms with Crippen LogP contribution in [0, 0.1) is 12.7 Å². The SMILES string of the molecule is Cc1cc(F)cc(S(=O)(=O)Nc2ccc3c(c2)oc(=O)n3C)c1. The third-order valence-corrected chi connectivity index (χ3v) is 4.73. The first-order valence-electron chi connectivity index (χ1n) is 6.66. The minimum atomic E-state index is -3.95. The van der Waals surface area contributed by atoms with Crippen LogP contribution in [0.1, 0.15) is 5.56 Å². The number of aromatic nitrogens is 1. The van der Waals surface area contributed by atoms with E-state index in [1.54, 1.807) is 20.0 Å². The Hall–Kier alpha value is -2.61. The zero-order valence-corrected chi connectivity index (χ0v) is 13.1. The van der Waals surface area contributed by atoms with Crippen molar-refractivity contribution in [2.24, 2.45) is 7.05 Å². The molecule has 8 heteroatoms. The van der Waals surface area contributed by atoms with Crippen LogP contribution < -0.4 is 10.5 Å². The molecule has 1 N–H and O–H groups in total. The van der Waals surface area contributed by atoms with Crippen LogP contribution in [0.25, 0.3) is 11.1 Å². The number of hydrogen-bond donors (Lipinski definition) is 1.